The number of nitrogens with one attached hydrogen (secondary N) is 1. The minimum atomic E-state index is -0.511. The fourth-order valence-corrected chi connectivity index (χ4v) is 2.60. The Morgan fingerprint density at radius 3 is 2.50 bits per heavy atom. The molecule has 0 bridgehead atoms. The lowest BCUT2D eigenvalue weighted by Gasteiger charge is -2.04. The van der Waals surface area contributed by atoms with Crippen molar-refractivity contribution in [3.05, 3.63) is 83.1 Å². The molecule has 0 radical (unpaired) electrons. The van der Waals surface area contributed by atoms with Crippen LogP contribution in [-0.2, 0) is 4.79 Å². The molecule has 5 nitrogen and oxygen atoms in total. The maximum atomic E-state index is 12.3. The van der Waals surface area contributed by atoms with Gasteiger partial charge in [0.1, 0.15) is 23.2 Å². The number of benzene rings is 2. The molecule has 3 rings (SSSR count). The van der Waals surface area contributed by atoms with E-state index in [-0.39, 0.29) is 11.4 Å². The van der Waals surface area contributed by atoms with Crippen molar-refractivity contribution < 1.29 is 14.0 Å². The molecule has 138 valence electrons. The van der Waals surface area contributed by atoms with Crippen LogP contribution in [0.4, 0.5) is 5.69 Å². The summed E-state index contributed by atoms with van der Waals surface area (Å²) in [7, 11) is 0. The number of carbonyl (C=O) groups excluding carboxylic acids is 2. The monoisotopic (exact) mass is 370 g/mol. The van der Waals surface area contributed by atoms with Crippen LogP contribution in [0, 0.1) is 18.3 Å². The zero-order chi connectivity index (χ0) is 20.1. The van der Waals surface area contributed by atoms with Gasteiger partial charge in [0.15, 0.2) is 5.78 Å². The molecule has 2 aromatic carbocycles. The summed E-state index contributed by atoms with van der Waals surface area (Å²) in [5, 5.41) is 12.0. The molecule has 0 spiro atoms. The van der Waals surface area contributed by atoms with Crippen molar-refractivity contribution in [1.29, 1.82) is 5.26 Å². The standard InChI is InChI=1S/C23H18N2O3/c1-15-6-8-20(9-7-15)25-23(27)19(14-24)13-21-10-11-22(28-21)18-5-3-4-17(12-18)16(2)26/h3-13H,1-2H3,(H,25,27)/b19-13-. The fourth-order valence-electron chi connectivity index (χ4n) is 2.60. The van der Waals surface area contributed by atoms with E-state index in [9.17, 15) is 14.9 Å². The highest BCUT2D eigenvalue weighted by Gasteiger charge is 2.12. The third-order valence-corrected chi connectivity index (χ3v) is 4.14. The second kappa shape index (κ2) is 8.19. The van der Waals surface area contributed by atoms with Crippen molar-refractivity contribution in [1.82, 2.24) is 0 Å². The molecule has 3 aromatic rings. The van der Waals surface area contributed by atoms with E-state index in [1.54, 1.807) is 42.5 Å². The first kappa shape index (κ1) is 18.9. The molecule has 0 saturated carbocycles. The van der Waals surface area contributed by atoms with Gasteiger partial charge in [-0.15, -0.1) is 0 Å². The second-order valence-corrected chi connectivity index (χ2v) is 6.33. The van der Waals surface area contributed by atoms with Gasteiger partial charge < -0.3 is 9.73 Å². The Morgan fingerprint density at radius 1 is 1.07 bits per heavy atom. The molecule has 0 atom stereocenters. The van der Waals surface area contributed by atoms with E-state index < -0.39 is 5.91 Å². The molecular formula is C23H18N2O3. The van der Waals surface area contributed by atoms with Crippen molar-refractivity contribution in [2.24, 2.45) is 0 Å². The van der Waals surface area contributed by atoms with Crippen LogP contribution in [0.3, 0.4) is 0 Å². The van der Waals surface area contributed by atoms with Crippen LogP contribution in [-0.4, -0.2) is 11.7 Å². The van der Waals surface area contributed by atoms with Gasteiger partial charge in [-0.05, 0) is 44.2 Å². The van der Waals surface area contributed by atoms with Crippen LogP contribution >= 0.6 is 0 Å². The first-order chi connectivity index (χ1) is 13.5. The molecule has 0 aliphatic heterocycles. The first-order valence-corrected chi connectivity index (χ1v) is 8.67. The van der Waals surface area contributed by atoms with Gasteiger partial charge in [0, 0.05) is 22.9 Å². The van der Waals surface area contributed by atoms with Crippen molar-refractivity contribution in [2.75, 3.05) is 5.32 Å². The number of carbonyl (C=O) groups is 2. The number of hydrogen-bond acceptors (Lipinski definition) is 4. The maximum absolute atomic E-state index is 12.3. The van der Waals surface area contributed by atoms with E-state index in [1.165, 1.54) is 13.0 Å². The van der Waals surface area contributed by atoms with Crippen LogP contribution in [0.15, 0.2) is 70.7 Å². The zero-order valence-corrected chi connectivity index (χ0v) is 15.5. The van der Waals surface area contributed by atoms with E-state index in [2.05, 4.69) is 5.32 Å². The second-order valence-electron chi connectivity index (χ2n) is 6.33. The molecule has 5 heteroatoms. The largest absolute Gasteiger partial charge is 0.457 e. The van der Waals surface area contributed by atoms with E-state index >= 15 is 0 Å². The van der Waals surface area contributed by atoms with Crippen LogP contribution in [0.5, 0.6) is 0 Å². The number of ketones is 1. The first-order valence-electron chi connectivity index (χ1n) is 8.67. The van der Waals surface area contributed by atoms with Gasteiger partial charge in [-0.2, -0.15) is 5.26 Å². The number of nitriles is 1. The average molecular weight is 370 g/mol. The third-order valence-electron chi connectivity index (χ3n) is 4.14. The van der Waals surface area contributed by atoms with Gasteiger partial charge in [0.2, 0.25) is 0 Å². The van der Waals surface area contributed by atoms with E-state index in [1.807, 2.05) is 31.2 Å². The number of Topliss-reactive ketones (excluding diaryl/α,β-unsaturated/α-hetero) is 1. The van der Waals surface area contributed by atoms with Gasteiger partial charge in [0.25, 0.3) is 5.91 Å². The number of hydrogen-bond donors (Lipinski definition) is 1. The summed E-state index contributed by atoms with van der Waals surface area (Å²) >= 11 is 0. The topological polar surface area (TPSA) is 83.1 Å². The van der Waals surface area contributed by atoms with Crippen LogP contribution in [0.25, 0.3) is 17.4 Å². The minimum Gasteiger partial charge on any atom is -0.457 e. The Kier molecular flexibility index (Phi) is 5.52. The summed E-state index contributed by atoms with van der Waals surface area (Å²) in [6.07, 6.45) is 1.39. The van der Waals surface area contributed by atoms with Crippen molar-refractivity contribution in [2.45, 2.75) is 13.8 Å². The highest BCUT2D eigenvalue weighted by atomic mass is 16.3. The Labute approximate surface area is 162 Å². The predicted octanol–water partition coefficient (Wildman–Crippen LogP) is 5.00. The van der Waals surface area contributed by atoms with Gasteiger partial charge in [0.05, 0.1) is 0 Å². The highest BCUT2D eigenvalue weighted by Crippen LogP contribution is 2.24. The van der Waals surface area contributed by atoms with Gasteiger partial charge in [-0.1, -0.05) is 35.9 Å². The summed E-state index contributed by atoms with van der Waals surface area (Å²) in [6, 6.07) is 19.7. The Bertz CT molecular complexity index is 1100. The Morgan fingerprint density at radius 2 is 1.82 bits per heavy atom. The van der Waals surface area contributed by atoms with E-state index in [4.69, 9.17) is 4.42 Å². The van der Waals surface area contributed by atoms with Gasteiger partial charge in [-0.3, -0.25) is 9.59 Å². The normalized spacial score (nSPS) is 11.0. The summed E-state index contributed by atoms with van der Waals surface area (Å²) in [5.74, 6) is 0.375. The molecule has 0 fully saturated rings. The number of nitrogens with zero attached hydrogens (tertiary/aromatic N) is 1. The third kappa shape index (κ3) is 4.43. The smallest absolute Gasteiger partial charge is 0.266 e. The number of anilines is 1. The molecule has 0 aliphatic rings. The summed E-state index contributed by atoms with van der Waals surface area (Å²) < 4.78 is 5.73. The quantitative estimate of drug-likeness (QED) is 0.389. The SMILES string of the molecule is CC(=O)c1cccc(-c2ccc(/C=C(/C#N)C(=O)Nc3ccc(C)cc3)o2)c1. The molecular weight excluding hydrogens is 352 g/mol. The molecule has 0 unspecified atom stereocenters. The predicted molar refractivity (Wildman–Crippen MR) is 108 cm³/mol. The van der Waals surface area contributed by atoms with E-state index in [0.29, 0.717) is 22.8 Å². The van der Waals surface area contributed by atoms with Crippen LogP contribution in [0.2, 0.25) is 0 Å². The van der Waals surface area contributed by atoms with Crippen molar-refractivity contribution >= 4 is 23.5 Å². The number of rotatable bonds is 5. The van der Waals surface area contributed by atoms with Gasteiger partial charge in [-0.25, -0.2) is 0 Å². The summed E-state index contributed by atoms with van der Waals surface area (Å²) in [6.45, 7) is 3.45. The Balaban J connectivity index is 1.81. The zero-order valence-electron chi connectivity index (χ0n) is 15.5. The maximum Gasteiger partial charge on any atom is 0.266 e. The van der Waals surface area contributed by atoms with E-state index in [0.717, 1.165) is 11.1 Å². The molecule has 1 N–H and O–H groups in total. The fraction of sp³-hybridized carbons (Fsp3) is 0.0870. The average Bonchev–Trinajstić information content (AvgIpc) is 3.16. The molecule has 1 aromatic heterocycles. The molecule has 1 amide bonds. The summed E-state index contributed by atoms with van der Waals surface area (Å²) in [4.78, 5) is 23.9. The molecule has 0 saturated heterocycles. The lowest BCUT2D eigenvalue weighted by atomic mass is 10.1. The molecule has 28 heavy (non-hydrogen) atoms. The summed E-state index contributed by atoms with van der Waals surface area (Å²) in [5.41, 5.74) is 2.94. The van der Waals surface area contributed by atoms with Crippen LogP contribution in [0.1, 0.15) is 28.6 Å². The van der Waals surface area contributed by atoms with Crippen LogP contribution < -0.4 is 5.32 Å². The Hall–Kier alpha value is -3.91. The molecule has 0 aliphatic carbocycles. The number of amides is 1. The van der Waals surface area contributed by atoms with Gasteiger partial charge >= 0.3 is 0 Å². The van der Waals surface area contributed by atoms with Crippen molar-refractivity contribution in [3.8, 4) is 17.4 Å². The minimum absolute atomic E-state index is 0.0342. The van der Waals surface area contributed by atoms with Crippen molar-refractivity contribution in [3.63, 3.8) is 0 Å². The number of aryl methyl sites for hydroxylation is 1. The highest BCUT2D eigenvalue weighted by molar-refractivity contribution is 6.09. The lowest BCUT2D eigenvalue weighted by molar-refractivity contribution is -0.112. The molecule has 1 heterocycles. The lowest BCUT2D eigenvalue weighted by Crippen LogP contribution is -2.13. The number of furan rings is 1.